The Morgan fingerprint density at radius 1 is 1.19 bits per heavy atom. The van der Waals surface area contributed by atoms with Crippen molar-refractivity contribution in [3.05, 3.63) is 52.5 Å². The second-order valence-corrected chi connectivity index (χ2v) is 6.34. The Kier molecular flexibility index (Phi) is 6.76. The zero-order valence-electron chi connectivity index (χ0n) is 16.0. The molecule has 1 aromatic carbocycles. The molecule has 7 heteroatoms. The summed E-state index contributed by atoms with van der Waals surface area (Å²) < 4.78 is 11.0. The highest BCUT2D eigenvalue weighted by Crippen LogP contribution is 2.17. The van der Waals surface area contributed by atoms with Crippen molar-refractivity contribution < 1.29 is 23.8 Å². The molecular weight excluding hydrogens is 348 g/mol. The van der Waals surface area contributed by atoms with E-state index in [1.165, 1.54) is 0 Å². The first kappa shape index (κ1) is 20.2. The molecule has 0 saturated heterocycles. The van der Waals surface area contributed by atoms with E-state index in [2.05, 4.69) is 10.5 Å². The Morgan fingerprint density at radius 3 is 2.59 bits per heavy atom. The van der Waals surface area contributed by atoms with Crippen molar-refractivity contribution in [1.29, 1.82) is 0 Å². The highest BCUT2D eigenvalue weighted by atomic mass is 16.5. The van der Waals surface area contributed by atoms with Gasteiger partial charge in [-0.1, -0.05) is 6.07 Å². The fourth-order valence-electron chi connectivity index (χ4n) is 2.45. The van der Waals surface area contributed by atoms with Crippen molar-refractivity contribution in [3.8, 4) is 5.75 Å². The highest BCUT2D eigenvalue weighted by Gasteiger charge is 2.12. The molecule has 0 fully saturated rings. The second-order valence-electron chi connectivity index (χ2n) is 6.34. The SMILES string of the molecule is C/C(=N/NC(=O)COc1ccc(C)c(C)c1)c1cc(CCC(=O)O)oc1C. The van der Waals surface area contributed by atoms with Gasteiger partial charge >= 0.3 is 5.97 Å². The van der Waals surface area contributed by atoms with Gasteiger partial charge in [-0.3, -0.25) is 9.59 Å². The van der Waals surface area contributed by atoms with Crippen LogP contribution in [-0.4, -0.2) is 29.3 Å². The summed E-state index contributed by atoms with van der Waals surface area (Å²) >= 11 is 0. The molecule has 0 atom stereocenters. The molecule has 0 radical (unpaired) electrons. The number of ether oxygens (including phenoxy) is 1. The number of nitrogens with zero attached hydrogens (tertiary/aromatic N) is 1. The molecule has 0 aliphatic carbocycles. The van der Waals surface area contributed by atoms with E-state index >= 15 is 0 Å². The van der Waals surface area contributed by atoms with Crippen molar-refractivity contribution in [2.24, 2.45) is 5.10 Å². The monoisotopic (exact) mass is 372 g/mol. The molecular formula is C20H24N2O5. The minimum Gasteiger partial charge on any atom is -0.484 e. The molecule has 1 aromatic heterocycles. The number of hydrazone groups is 1. The molecule has 0 bridgehead atoms. The van der Waals surface area contributed by atoms with E-state index in [4.69, 9.17) is 14.3 Å². The quantitative estimate of drug-likeness (QED) is 0.548. The number of carboxylic acid groups (broad SMARTS) is 1. The zero-order valence-corrected chi connectivity index (χ0v) is 16.0. The minimum absolute atomic E-state index is 0.00482. The molecule has 0 unspecified atom stereocenters. The standard InChI is InChI=1S/C20H24N2O5/c1-12-5-6-16(9-13(12)2)26-11-19(23)22-21-14(3)18-10-17(27-15(18)4)7-8-20(24)25/h5-6,9-10H,7-8,11H2,1-4H3,(H,22,23)(H,24,25)/b21-14-. The maximum Gasteiger partial charge on any atom is 0.303 e. The van der Waals surface area contributed by atoms with Gasteiger partial charge in [-0.05, 0) is 57.0 Å². The molecule has 7 nitrogen and oxygen atoms in total. The van der Waals surface area contributed by atoms with E-state index in [-0.39, 0.29) is 18.9 Å². The molecule has 27 heavy (non-hydrogen) atoms. The Hall–Kier alpha value is -3.09. The van der Waals surface area contributed by atoms with Gasteiger partial charge in [0.2, 0.25) is 0 Å². The van der Waals surface area contributed by atoms with Crippen LogP contribution in [0.3, 0.4) is 0 Å². The summed E-state index contributed by atoms with van der Waals surface area (Å²) in [5, 5.41) is 12.8. The zero-order chi connectivity index (χ0) is 20.0. The van der Waals surface area contributed by atoms with Crippen molar-refractivity contribution >= 4 is 17.6 Å². The smallest absolute Gasteiger partial charge is 0.303 e. The van der Waals surface area contributed by atoms with Gasteiger partial charge in [-0.2, -0.15) is 5.10 Å². The van der Waals surface area contributed by atoms with Crippen LogP contribution in [0.5, 0.6) is 5.75 Å². The average molecular weight is 372 g/mol. The molecule has 2 rings (SSSR count). The summed E-state index contributed by atoms with van der Waals surface area (Å²) in [6.45, 7) is 7.35. The fraction of sp³-hybridized carbons (Fsp3) is 0.350. The molecule has 1 heterocycles. The summed E-state index contributed by atoms with van der Waals surface area (Å²) in [5.74, 6) is 0.565. The normalized spacial score (nSPS) is 11.3. The predicted molar refractivity (Wildman–Crippen MR) is 101 cm³/mol. The topological polar surface area (TPSA) is 101 Å². The number of carbonyl (C=O) groups excluding carboxylic acids is 1. The molecule has 0 aliphatic heterocycles. The van der Waals surface area contributed by atoms with Gasteiger partial charge in [0.1, 0.15) is 17.3 Å². The Morgan fingerprint density at radius 2 is 1.93 bits per heavy atom. The summed E-state index contributed by atoms with van der Waals surface area (Å²) in [6, 6.07) is 7.38. The van der Waals surface area contributed by atoms with Crippen LogP contribution in [0.4, 0.5) is 0 Å². The van der Waals surface area contributed by atoms with Gasteiger partial charge in [0, 0.05) is 12.0 Å². The Bertz CT molecular complexity index is 867. The lowest BCUT2D eigenvalue weighted by Gasteiger charge is -2.07. The van der Waals surface area contributed by atoms with E-state index in [1.54, 1.807) is 19.9 Å². The Labute approximate surface area is 158 Å². The van der Waals surface area contributed by atoms with Gasteiger partial charge in [-0.25, -0.2) is 5.43 Å². The van der Waals surface area contributed by atoms with Gasteiger partial charge in [-0.15, -0.1) is 0 Å². The summed E-state index contributed by atoms with van der Waals surface area (Å²) in [4.78, 5) is 22.6. The number of aliphatic carboxylic acids is 1. The number of nitrogens with one attached hydrogen (secondary N) is 1. The highest BCUT2D eigenvalue weighted by molar-refractivity contribution is 6.00. The van der Waals surface area contributed by atoms with Crippen molar-refractivity contribution in [2.75, 3.05) is 6.61 Å². The van der Waals surface area contributed by atoms with E-state index < -0.39 is 5.97 Å². The number of rotatable bonds is 8. The fourth-order valence-corrected chi connectivity index (χ4v) is 2.45. The third kappa shape index (κ3) is 5.99. The number of benzene rings is 1. The van der Waals surface area contributed by atoms with Crippen molar-refractivity contribution in [1.82, 2.24) is 5.43 Å². The van der Waals surface area contributed by atoms with Crippen LogP contribution in [-0.2, 0) is 16.0 Å². The average Bonchev–Trinajstić information content (AvgIpc) is 2.99. The maximum absolute atomic E-state index is 11.9. The minimum atomic E-state index is -0.882. The van der Waals surface area contributed by atoms with Crippen LogP contribution in [0.2, 0.25) is 0 Å². The molecule has 2 N–H and O–H groups in total. The number of carboxylic acids is 1. The lowest BCUT2D eigenvalue weighted by Crippen LogP contribution is -2.25. The number of hydrogen-bond donors (Lipinski definition) is 2. The number of carbonyl (C=O) groups is 2. The first-order valence-electron chi connectivity index (χ1n) is 8.61. The number of amides is 1. The largest absolute Gasteiger partial charge is 0.484 e. The molecule has 1 amide bonds. The van der Waals surface area contributed by atoms with Gasteiger partial charge in [0.25, 0.3) is 5.91 Å². The molecule has 144 valence electrons. The molecule has 0 saturated carbocycles. The van der Waals surface area contributed by atoms with Crippen LogP contribution in [0.15, 0.2) is 33.8 Å². The second kappa shape index (κ2) is 9.02. The van der Waals surface area contributed by atoms with Crippen LogP contribution >= 0.6 is 0 Å². The summed E-state index contributed by atoms with van der Waals surface area (Å²) in [6.07, 6.45) is 0.300. The third-order valence-electron chi connectivity index (χ3n) is 4.14. The van der Waals surface area contributed by atoms with Gasteiger partial charge < -0.3 is 14.3 Å². The lowest BCUT2D eigenvalue weighted by atomic mass is 10.1. The van der Waals surface area contributed by atoms with E-state index in [1.807, 2.05) is 32.0 Å². The first-order chi connectivity index (χ1) is 12.8. The van der Waals surface area contributed by atoms with Crippen molar-refractivity contribution in [2.45, 2.75) is 40.5 Å². The van der Waals surface area contributed by atoms with Crippen LogP contribution in [0.1, 0.15) is 41.6 Å². The molecule has 0 aliphatic rings. The predicted octanol–water partition coefficient (Wildman–Crippen LogP) is 3.14. The van der Waals surface area contributed by atoms with Gasteiger partial charge in [0.15, 0.2) is 6.61 Å². The first-order valence-corrected chi connectivity index (χ1v) is 8.61. The Balaban J connectivity index is 1.91. The third-order valence-corrected chi connectivity index (χ3v) is 4.14. The van der Waals surface area contributed by atoms with E-state index in [9.17, 15) is 9.59 Å². The van der Waals surface area contributed by atoms with Crippen LogP contribution in [0, 0.1) is 20.8 Å². The van der Waals surface area contributed by atoms with Crippen molar-refractivity contribution in [3.63, 3.8) is 0 Å². The molecule has 0 spiro atoms. The van der Waals surface area contributed by atoms with E-state index in [0.717, 1.165) is 16.7 Å². The number of furan rings is 1. The van der Waals surface area contributed by atoms with E-state index in [0.29, 0.717) is 29.4 Å². The number of aryl methyl sites for hydroxylation is 4. The summed E-state index contributed by atoms with van der Waals surface area (Å²) in [7, 11) is 0. The lowest BCUT2D eigenvalue weighted by molar-refractivity contribution is -0.137. The van der Waals surface area contributed by atoms with Gasteiger partial charge in [0.05, 0.1) is 12.1 Å². The van der Waals surface area contributed by atoms with Crippen LogP contribution in [0.25, 0.3) is 0 Å². The van der Waals surface area contributed by atoms with Crippen LogP contribution < -0.4 is 10.2 Å². The number of hydrogen-bond acceptors (Lipinski definition) is 5. The molecule has 2 aromatic rings. The summed E-state index contributed by atoms with van der Waals surface area (Å²) in [5.41, 5.74) is 6.00. The maximum atomic E-state index is 11.9.